The summed E-state index contributed by atoms with van der Waals surface area (Å²) in [6.07, 6.45) is 2.85. The molecule has 2 unspecified atom stereocenters. The zero-order valence-corrected chi connectivity index (χ0v) is 11.3. The summed E-state index contributed by atoms with van der Waals surface area (Å²) >= 11 is 0. The van der Waals surface area contributed by atoms with E-state index in [0.717, 1.165) is 12.8 Å². The largest absolute Gasteiger partial charge is 0.480 e. The maximum Gasteiger partial charge on any atom is 0.329 e. The third-order valence-corrected chi connectivity index (χ3v) is 4.36. The van der Waals surface area contributed by atoms with E-state index in [2.05, 4.69) is 5.32 Å². The van der Waals surface area contributed by atoms with Gasteiger partial charge in [-0.3, -0.25) is 0 Å². The van der Waals surface area contributed by atoms with Crippen molar-refractivity contribution in [1.29, 1.82) is 0 Å². The van der Waals surface area contributed by atoms with E-state index in [1.165, 1.54) is 0 Å². The molecule has 6 nitrogen and oxygen atoms in total. The zero-order valence-electron chi connectivity index (χ0n) is 11.3. The average molecular weight is 270 g/mol. The van der Waals surface area contributed by atoms with Gasteiger partial charge in [0, 0.05) is 13.1 Å². The Labute approximate surface area is 112 Å². The molecular formula is C13H22N2O4. The van der Waals surface area contributed by atoms with Crippen LogP contribution in [0.25, 0.3) is 0 Å². The SMILES string of the molecule is CC1CN(C(=O)NC2(C(=O)O)CCCC2)CCC1O. The van der Waals surface area contributed by atoms with Crippen LogP contribution in [0.1, 0.15) is 39.0 Å². The molecule has 0 aromatic heterocycles. The van der Waals surface area contributed by atoms with Gasteiger partial charge in [-0.05, 0) is 25.2 Å². The molecule has 0 aromatic rings. The molecule has 0 radical (unpaired) electrons. The molecular weight excluding hydrogens is 248 g/mol. The van der Waals surface area contributed by atoms with Crippen LogP contribution >= 0.6 is 0 Å². The van der Waals surface area contributed by atoms with Gasteiger partial charge in [0.15, 0.2) is 0 Å². The fourth-order valence-electron chi connectivity index (χ4n) is 2.97. The van der Waals surface area contributed by atoms with Gasteiger partial charge in [0.1, 0.15) is 5.54 Å². The van der Waals surface area contributed by atoms with Crippen LogP contribution in [-0.4, -0.2) is 51.8 Å². The van der Waals surface area contributed by atoms with Crippen LogP contribution in [0.2, 0.25) is 0 Å². The number of aliphatic carboxylic acids is 1. The quantitative estimate of drug-likeness (QED) is 0.692. The number of rotatable bonds is 2. The molecule has 2 fully saturated rings. The van der Waals surface area contributed by atoms with Crippen LogP contribution in [0.5, 0.6) is 0 Å². The third kappa shape index (κ3) is 2.83. The molecule has 0 aromatic carbocycles. The molecule has 1 heterocycles. The average Bonchev–Trinajstić information content (AvgIpc) is 2.82. The Morgan fingerprint density at radius 2 is 1.95 bits per heavy atom. The predicted molar refractivity (Wildman–Crippen MR) is 68.7 cm³/mol. The second-order valence-corrected chi connectivity index (χ2v) is 5.80. The third-order valence-electron chi connectivity index (χ3n) is 4.36. The molecule has 19 heavy (non-hydrogen) atoms. The molecule has 2 atom stereocenters. The molecule has 1 saturated carbocycles. The number of carbonyl (C=O) groups excluding carboxylic acids is 1. The van der Waals surface area contributed by atoms with Crippen molar-refractivity contribution >= 4 is 12.0 Å². The molecule has 2 aliphatic rings. The normalized spacial score (nSPS) is 30.1. The topological polar surface area (TPSA) is 89.9 Å². The van der Waals surface area contributed by atoms with E-state index in [1.54, 1.807) is 4.90 Å². The lowest BCUT2D eigenvalue weighted by Gasteiger charge is -2.36. The first-order valence-electron chi connectivity index (χ1n) is 6.93. The molecule has 1 saturated heterocycles. The fourth-order valence-corrected chi connectivity index (χ4v) is 2.97. The van der Waals surface area contributed by atoms with Crippen molar-refractivity contribution < 1.29 is 19.8 Å². The highest BCUT2D eigenvalue weighted by Gasteiger charge is 2.43. The van der Waals surface area contributed by atoms with Gasteiger partial charge in [0.25, 0.3) is 0 Å². The number of hydrogen-bond donors (Lipinski definition) is 3. The van der Waals surface area contributed by atoms with E-state index >= 15 is 0 Å². The number of piperidine rings is 1. The van der Waals surface area contributed by atoms with Gasteiger partial charge in [-0.15, -0.1) is 0 Å². The number of likely N-dealkylation sites (tertiary alicyclic amines) is 1. The maximum atomic E-state index is 12.2. The highest BCUT2D eigenvalue weighted by molar-refractivity contribution is 5.86. The van der Waals surface area contributed by atoms with Crippen LogP contribution in [0.15, 0.2) is 0 Å². The summed E-state index contributed by atoms with van der Waals surface area (Å²) in [6.45, 7) is 2.85. The Morgan fingerprint density at radius 1 is 1.32 bits per heavy atom. The van der Waals surface area contributed by atoms with Gasteiger partial charge in [-0.1, -0.05) is 19.8 Å². The molecule has 1 aliphatic heterocycles. The minimum Gasteiger partial charge on any atom is -0.480 e. The molecule has 108 valence electrons. The molecule has 2 amide bonds. The molecule has 0 spiro atoms. The first-order valence-corrected chi connectivity index (χ1v) is 6.93. The van der Waals surface area contributed by atoms with E-state index < -0.39 is 11.5 Å². The van der Waals surface area contributed by atoms with Crippen molar-refractivity contribution in [3.63, 3.8) is 0 Å². The number of carboxylic acid groups (broad SMARTS) is 1. The highest BCUT2D eigenvalue weighted by Crippen LogP contribution is 2.30. The number of carbonyl (C=O) groups is 2. The van der Waals surface area contributed by atoms with Gasteiger partial charge in [-0.25, -0.2) is 9.59 Å². The summed E-state index contributed by atoms with van der Waals surface area (Å²) in [6, 6.07) is -0.317. The monoisotopic (exact) mass is 270 g/mol. The Kier molecular flexibility index (Phi) is 3.99. The van der Waals surface area contributed by atoms with E-state index in [1.807, 2.05) is 6.92 Å². The predicted octanol–water partition coefficient (Wildman–Crippen LogP) is 0.796. The number of hydrogen-bond acceptors (Lipinski definition) is 3. The summed E-state index contributed by atoms with van der Waals surface area (Å²) in [7, 11) is 0. The number of nitrogens with one attached hydrogen (secondary N) is 1. The first kappa shape index (κ1) is 14.1. The highest BCUT2D eigenvalue weighted by atomic mass is 16.4. The number of nitrogens with zero attached hydrogens (tertiary/aromatic N) is 1. The lowest BCUT2D eigenvalue weighted by atomic mass is 9.96. The van der Waals surface area contributed by atoms with Crippen molar-refractivity contribution in [2.75, 3.05) is 13.1 Å². The second kappa shape index (κ2) is 5.36. The Hall–Kier alpha value is -1.30. The summed E-state index contributed by atoms with van der Waals surface area (Å²) < 4.78 is 0. The van der Waals surface area contributed by atoms with Crippen molar-refractivity contribution in [2.45, 2.75) is 50.7 Å². The van der Waals surface area contributed by atoms with Crippen LogP contribution in [0.4, 0.5) is 4.79 Å². The van der Waals surface area contributed by atoms with E-state index in [-0.39, 0.29) is 18.1 Å². The number of urea groups is 1. The van der Waals surface area contributed by atoms with Gasteiger partial charge >= 0.3 is 12.0 Å². The van der Waals surface area contributed by atoms with Crippen LogP contribution < -0.4 is 5.32 Å². The maximum absolute atomic E-state index is 12.2. The molecule has 2 rings (SSSR count). The van der Waals surface area contributed by atoms with Crippen molar-refractivity contribution in [3.05, 3.63) is 0 Å². The molecule has 0 bridgehead atoms. The van der Waals surface area contributed by atoms with Crippen molar-refractivity contribution in [3.8, 4) is 0 Å². The zero-order chi connectivity index (χ0) is 14.0. The standard InChI is InChI=1S/C13H22N2O4/c1-9-8-15(7-4-10(9)16)12(19)14-13(11(17)18)5-2-3-6-13/h9-10,16H,2-8H2,1H3,(H,14,19)(H,17,18). The number of aliphatic hydroxyl groups is 1. The lowest BCUT2D eigenvalue weighted by Crippen LogP contribution is -2.58. The van der Waals surface area contributed by atoms with Crippen LogP contribution in [0.3, 0.4) is 0 Å². The lowest BCUT2D eigenvalue weighted by molar-refractivity contribution is -0.144. The minimum atomic E-state index is -1.09. The fraction of sp³-hybridized carbons (Fsp3) is 0.846. The molecule has 1 aliphatic carbocycles. The molecule has 3 N–H and O–H groups in total. The minimum absolute atomic E-state index is 0.0313. The second-order valence-electron chi connectivity index (χ2n) is 5.80. The van der Waals surface area contributed by atoms with Gasteiger partial charge < -0.3 is 20.4 Å². The smallest absolute Gasteiger partial charge is 0.329 e. The summed E-state index contributed by atoms with van der Waals surface area (Å²) in [5.74, 6) is -0.910. The molecule has 6 heteroatoms. The van der Waals surface area contributed by atoms with Gasteiger partial charge in [-0.2, -0.15) is 0 Å². The van der Waals surface area contributed by atoms with Crippen molar-refractivity contribution in [1.82, 2.24) is 10.2 Å². The van der Waals surface area contributed by atoms with E-state index in [0.29, 0.717) is 32.4 Å². The summed E-state index contributed by atoms with van der Waals surface area (Å²) in [4.78, 5) is 25.2. The summed E-state index contributed by atoms with van der Waals surface area (Å²) in [5, 5.41) is 21.7. The van der Waals surface area contributed by atoms with Crippen molar-refractivity contribution in [2.24, 2.45) is 5.92 Å². The number of carboxylic acids is 1. The van der Waals surface area contributed by atoms with E-state index in [9.17, 15) is 19.8 Å². The van der Waals surface area contributed by atoms with E-state index in [4.69, 9.17) is 0 Å². The van der Waals surface area contributed by atoms with Gasteiger partial charge in [0.2, 0.25) is 0 Å². The Bertz CT molecular complexity index is 366. The van der Waals surface area contributed by atoms with Crippen LogP contribution in [0, 0.1) is 5.92 Å². The summed E-state index contributed by atoms with van der Waals surface area (Å²) in [5.41, 5.74) is -1.09. The number of aliphatic hydroxyl groups excluding tert-OH is 1. The Morgan fingerprint density at radius 3 is 2.47 bits per heavy atom. The van der Waals surface area contributed by atoms with Crippen LogP contribution in [-0.2, 0) is 4.79 Å². The Balaban J connectivity index is 1.98. The first-order chi connectivity index (χ1) is 8.94. The number of amides is 2. The van der Waals surface area contributed by atoms with Gasteiger partial charge in [0.05, 0.1) is 6.10 Å².